The van der Waals surface area contributed by atoms with Gasteiger partial charge in [0.15, 0.2) is 0 Å². The van der Waals surface area contributed by atoms with Gasteiger partial charge in [0.1, 0.15) is 5.82 Å². The Labute approximate surface area is 171 Å². The first-order valence-electron chi connectivity index (χ1n) is 8.75. The van der Waals surface area contributed by atoms with Gasteiger partial charge >= 0.3 is 0 Å². The average Bonchev–Trinajstić information content (AvgIpc) is 2.76. The first kappa shape index (κ1) is 18.1. The van der Waals surface area contributed by atoms with E-state index in [1.807, 2.05) is 66.7 Å². The normalized spacial score (nSPS) is 10.5. The third kappa shape index (κ3) is 4.15. The van der Waals surface area contributed by atoms with E-state index < -0.39 is 0 Å². The highest BCUT2D eigenvalue weighted by Crippen LogP contribution is 2.25. The van der Waals surface area contributed by atoms with Crippen molar-refractivity contribution >= 4 is 27.7 Å². The Morgan fingerprint density at radius 1 is 0.786 bits per heavy atom. The van der Waals surface area contributed by atoms with Gasteiger partial charge in [0.2, 0.25) is 0 Å². The van der Waals surface area contributed by atoms with Crippen LogP contribution in [-0.2, 0) is 0 Å². The molecular weight excluding hydrogens is 414 g/mol. The zero-order valence-electron chi connectivity index (χ0n) is 14.8. The fourth-order valence-corrected chi connectivity index (χ4v) is 3.05. The van der Waals surface area contributed by atoms with E-state index in [1.165, 1.54) is 0 Å². The maximum absolute atomic E-state index is 12.9. The summed E-state index contributed by atoms with van der Waals surface area (Å²) >= 11 is 3.34. The van der Waals surface area contributed by atoms with Gasteiger partial charge in [-0.25, -0.2) is 9.97 Å². The fourth-order valence-electron chi connectivity index (χ4n) is 2.81. The van der Waals surface area contributed by atoms with Crippen LogP contribution in [0.5, 0.6) is 0 Å². The molecule has 28 heavy (non-hydrogen) atoms. The zero-order valence-corrected chi connectivity index (χ0v) is 16.4. The molecule has 0 radical (unpaired) electrons. The van der Waals surface area contributed by atoms with Crippen molar-refractivity contribution in [2.75, 3.05) is 5.32 Å². The van der Waals surface area contributed by atoms with Gasteiger partial charge in [-0.2, -0.15) is 0 Å². The molecule has 0 bridgehead atoms. The van der Waals surface area contributed by atoms with Crippen molar-refractivity contribution < 1.29 is 4.79 Å². The van der Waals surface area contributed by atoms with Crippen LogP contribution in [-0.4, -0.2) is 15.9 Å². The Hall–Kier alpha value is -3.31. The van der Waals surface area contributed by atoms with E-state index in [0.29, 0.717) is 11.4 Å². The summed E-state index contributed by atoms with van der Waals surface area (Å²) in [5.74, 6) is 0.263. The summed E-state index contributed by atoms with van der Waals surface area (Å²) in [7, 11) is 0. The van der Waals surface area contributed by atoms with Crippen LogP contribution < -0.4 is 5.32 Å². The average molecular weight is 430 g/mol. The minimum absolute atomic E-state index is 0.230. The number of benzene rings is 2. The summed E-state index contributed by atoms with van der Waals surface area (Å²) < 4.78 is 0.854. The second-order valence-corrected chi connectivity index (χ2v) is 7.09. The van der Waals surface area contributed by atoms with Crippen molar-refractivity contribution in [2.24, 2.45) is 0 Å². The van der Waals surface area contributed by atoms with E-state index in [4.69, 9.17) is 4.98 Å². The highest BCUT2D eigenvalue weighted by Gasteiger charge is 2.13. The third-order valence-corrected chi connectivity index (χ3v) is 4.66. The summed E-state index contributed by atoms with van der Waals surface area (Å²) in [6, 6.07) is 26.8. The van der Waals surface area contributed by atoms with E-state index in [9.17, 15) is 4.79 Å². The molecule has 0 saturated carbocycles. The van der Waals surface area contributed by atoms with E-state index >= 15 is 0 Å². The van der Waals surface area contributed by atoms with E-state index in [-0.39, 0.29) is 5.91 Å². The smallest absolute Gasteiger partial charge is 0.256 e. The van der Waals surface area contributed by atoms with Crippen LogP contribution in [0.4, 0.5) is 5.82 Å². The number of nitrogens with zero attached hydrogens (tertiary/aromatic N) is 2. The van der Waals surface area contributed by atoms with Crippen molar-refractivity contribution in [3.05, 3.63) is 101 Å². The van der Waals surface area contributed by atoms with Gasteiger partial charge in [-0.15, -0.1) is 0 Å². The molecule has 5 heteroatoms. The number of halogens is 1. The molecule has 1 N–H and O–H groups in total. The molecule has 1 amide bonds. The molecule has 136 valence electrons. The minimum Gasteiger partial charge on any atom is -0.307 e. The first-order chi connectivity index (χ1) is 13.7. The summed E-state index contributed by atoms with van der Waals surface area (Å²) in [6.45, 7) is 0. The number of carbonyl (C=O) groups is 1. The first-order valence-corrected chi connectivity index (χ1v) is 9.54. The summed E-state index contributed by atoms with van der Waals surface area (Å²) in [5.41, 5.74) is 3.93. The van der Waals surface area contributed by atoms with Crippen LogP contribution in [0.15, 0.2) is 95.6 Å². The van der Waals surface area contributed by atoms with E-state index in [1.54, 1.807) is 24.4 Å². The standard InChI is InChI=1S/C23H16BrN3O/c24-19-11-12-22(25-15-19)27-23(28)18-13-20(16-7-3-1-4-8-16)26-21(14-18)17-9-5-2-6-10-17/h1-15H,(H,25,27,28). The lowest BCUT2D eigenvalue weighted by Gasteiger charge is -2.10. The van der Waals surface area contributed by atoms with Gasteiger partial charge in [-0.3, -0.25) is 4.79 Å². The zero-order chi connectivity index (χ0) is 19.3. The van der Waals surface area contributed by atoms with Gasteiger partial charge in [-0.05, 0) is 40.2 Å². The summed E-state index contributed by atoms with van der Waals surface area (Å²) in [4.78, 5) is 21.9. The lowest BCUT2D eigenvalue weighted by atomic mass is 10.0. The van der Waals surface area contributed by atoms with Gasteiger partial charge in [0.05, 0.1) is 11.4 Å². The number of amides is 1. The van der Waals surface area contributed by atoms with Crippen molar-refractivity contribution in [1.29, 1.82) is 0 Å². The van der Waals surface area contributed by atoms with Crippen LogP contribution in [0.25, 0.3) is 22.5 Å². The van der Waals surface area contributed by atoms with Crippen molar-refractivity contribution in [2.45, 2.75) is 0 Å². The number of carbonyl (C=O) groups excluding carboxylic acids is 1. The Kier molecular flexibility index (Phi) is 5.26. The highest BCUT2D eigenvalue weighted by molar-refractivity contribution is 9.10. The molecule has 4 nitrogen and oxygen atoms in total. The van der Waals surface area contributed by atoms with Gasteiger partial charge in [0, 0.05) is 27.4 Å². The molecule has 2 aromatic heterocycles. The molecule has 2 heterocycles. The molecule has 4 aromatic rings. The van der Waals surface area contributed by atoms with Crippen LogP contribution >= 0.6 is 15.9 Å². The van der Waals surface area contributed by atoms with Gasteiger partial charge in [-0.1, -0.05) is 60.7 Å². The Bertz CT molecular complexity index is 1040. The number of hydrogen-bond donors (Lipinski definition) is 1. The largest absolute Gasteiger partial charge is 0.307 e. The van der Waals surface area contributed by atoms with Gasteiger partial charge in [0.25, 0.3) is 5.91 Å². The Morgan fingerprint density at radius 3 is 1.86 bits per heavy atom. The molecule has 0 spiro atoms. The Balaban J connectivity index is 1.75. The molecule has 0 unspecified atom stereocenters. The fraction of sp³-hybridized carbons (Fsp3) is 0. The van der Waals surface area contributed by atoms with E-state index in [2.05, 4.69) is 26.2 Å². The SMILES string of the molecule is O=C(Nc1ccc(Br)cn1)c1cc(-c2ccccc2)nc(-c2ccccc2)c1. The summed E-state index contributed by atoms with van der Waals surface area (Å²) in [5, 5.41) is 2.84. The van der Waals surface area contributed by atoms with Crippen molar-refractivity contribution in [3.63, 3.8) is 0 Å². The molecule has 0 fully saturated rings. The maximum Gasteiger partial charge on any atom is 0.256 e. The van der Waals surface area contributed by atoms with Crippen LogP contribution in [0.1, 0.15) is 10.4 Å². The van der Waals surface area contributed by atoms with Gasteiger partial charge < -0.3 is 5.32 Å². The predicted molar refractivity (Wildman–Crippen MR) is 115 cm³/mol. The molecule has 0 atom stereocenters. The second kappa shape index (κ2) is 8.15. The molecule has 0 aliphatic carbocycles. The molecule has 0 aliphatic heterocycles. The van der Waals surface area contributed by atoms with Crippen LogP contribution in [0, 0.1) is 0 Å². The number of nitrogens with one attached hydrogen (secondary N) is 1. The minimum atomic E-state index is -0.230. The number of rotatable bonds is 4. The molecular formula is C23H16BrN3O. The lowest BCUT2D eigenvalue weighted by Crippen LogP contribution is -2.13. The number of anilines is 1. The highest BCUT2D eigenvalue weighted by atomic mass is 79.9. The maximum atomic E-state index is 12.9. The third-order valence-electron chi connectivity index (χ3n) is 4.20. The second-order valence-electron chi connectivity index (χ2n) is 6.17. The number of pyridine rings is 2. The monoisotopic (exact) mass is 429 g/mol. The van der Waals surface area contributed by atoms with Crippen LogP contribution in [0.2, 0.25) is 0 Å². The number of aromatic nitrogens is 2. The quantitative estimate of drug-likeness (QED) is 0.444. The summed E-state index contributed by atoms with van der Waals surface area (Å²) in [6.07, 6.45) is 1.65. The molecule has 0 saturated heterocycles. The predicted octanol–water partition coefficient (Wildman–Crippen LogP) is 5.83. The lowest BCUT2D eigenvalue weighted by molar-refractivity contribution is 0.102. The topological polar surface area (TPSA) is 54.9 Å². The Morgan fingerprint density at radius 2 is 1.36 bits per heavy atom. The molecule has 2 aromatic carbocycles. The van der Waals surface area contributed by atoms with E-state index in [0.717, 1.165) is 27.0 Å². The molecule has 0 aliphatic rings. The van der Waals surface area contributed by atoms with Crippen LogP contribution in [0.3, 0.4) is 0 Å². The molecule has 4 rings (SSSR count). The van der Waals surface area contributed by atoms with Crippen molar-refractivity contribution in [1.82, 2.24) is 9.97 Å². The van der Waals surface area contributed by atoms with Crippen molar-refractivity contribution in [3.8, 4) is 22.5 Å². The number of hydrogen-bond acceptors (Lipinski definition) is 3.